The molecule has 1 aliphatic rings. The average molecular weight is 506 g/mol. The number of urea groups is 1. The van der Waals surface area contributed by atoms with Crippen molar-refractivity contribution in [3.05, 3.63) is 80.4 Å². The number of hydrogen-bond donors (Lipinski definition) is 1. The molecule has 9 heteroatoms. The first kappa shape index (κ1) is 20.4. The molecule has 3 aromatic rings. The van der Waals surface area contributed by atoms with Crippen LogP contribution in [0.2, 0.25) is 10.0 Å². The number of halogens is 3. The SMILES string of the molecule is O=C1NC(=O)N(c2ccc(Br)cc2)C(=O)C1=Cc1ccc(-c2cc(Cl)ccc2Cl)o1. The van der Waals surface area contributed by atoms with Crippen molar-refractivity contribution in [1.82, 2.24) is 5.32 Å². The summed E-state index contributed by atoms with van der Waals surface area (Å²) in [7, 11) is 0. The third-order valence-electron chi connectivity index (χ3n) is 4.29. The maximum absolute atomic E-state index is 12.9. The Morgan fingerprint density at radius 1 is 0.967 bits per heavy atom. The molecule has 30 heavy (non-hydrogen) atoms. The smallest absolute Gasteiger partial charge is 0.335 e. The topological polar surface area (TPSA) is 79.6 Å². The summed E-state index contributed by atoms with van der Waals surface area (Å²) in [5.74, 6) is -0.912. The number of carbonyl (C=O) groups is 3. The van der Waals surface area contributed by atoms with E-state index in [1.165, 1.54) is 6.08 Å². The number of nitrogens with zero attached hydrogens (tertiary/aromatic N) is 1. The first-order valence-corrected chi connectivity index (χ1v) is 10.1. The Balaban J connectivity index is 1.69. The maximum Gasteiger partial charge on any atom is 0.335 e. The summed E-state index contributed by atoms with van der Waals surface area (Å²) in [6, 6.07) is 13.9. The second kappa shape index (κ2) is 8.10. The number of barbiturate groups is 1. The van der Waals surface area contributed by atoms with E-state index >= 15 is 0 Å². The number of anilines is 1. The van der Waals surface area contributed by atoms with Crippen LogP contribution in [0.5, 0.6) is 0 Å². The predicted octanol–water partition coefficient (Wildman–Crippen LogP) is 5.68. The van der Waals surface area contributed by atoms with Gasteiger partial charge in [0, 0.05) is 15.1 Å². The molecule has 0 radical (unpaired) electrons. The van der Waals surface area contributed by atoms with Crippen molar-refractivity contribution in [3.8, 4) is 11.3 Å². The van der Waals surface area contributed by atoms with Gasteiger partial charge in [-0.2, -0.15) is 0 Å². The normalized spacial score (nSPS) is 15.6. The van der Waals surface area contributed by atoms with Crippen molar-refractivity contribution < 1.29 is 18.8 Å². The van der Waals surface area contributed by atoms with E-state index in [0.29, 0.717) is 27.1 Å². The van der Waals surface area contributed by atoms with Crippen molar-refractivity contribution in [3.63, 3.8) is 0 Å². The van der Waals surface area contributed by atoms with Crippen LogP contribution in [0, 0.1) is 0 Å². The zero-order chi connectivity index (χ0) is 21.4. The summed E-state index contributed by atoms with van der Waals surface area (Å²) in [5.41, 5.74) is 0.653. The minimum atomic E-state index is -0.824. The lowest BCUT2D eigenvalue weighted by Crippen LogP contribution is -2.54. The lowest BCUT2D eigenvalue weighted by Gasteiger charge is -2.26. The molecule has 6 nitrogen and oxygen atoms in total. The van der Waals surface area contributed by atoms with Crippen LogP contribution in [-0.4, -0.2) is 17.8 Å². The minimum Gasteiger partial charge on any atom is -0.457 e. The molecule has 2 heterocycles. The summed E-state index contributed by atoms with van der Waals surface area (Å²) in [4.78, 5) is 38.3. The Bertz CT molecular complexity index is 1220. The van der Waals surface area contributed by atoms with Crippen LogP contribution >= 0.6 is 39.1 Å². The zero-order valence-corrected chi connectivity index (χ0v) is 18.1. The molecule has 0 aliphatic carbocycles. The molecule has 0 bridgehead atoms. The van der Waals surface area contributed by atoms with Gasteiger partial charge in [-0.3, -0.25) is 14.9 Å². The Kier molecular flexibility index (Phi) is 5.51. The van der Waals surface area contributed by atoms with E-state index in [1.54, 1.807) is 54.6 Å². The minimum absolute atomic E-state index is 0.240. The van der Waals surface area contributed by atoms with Gasteiger partial charge in [-0.25, -0.2) is 9.69 Å². The first-order chi connectivity index (χ1) is 14.3. The summed E-state index contributed by atoms with van der Waals surface area (Å²) in [6.07, 6.45) is 1.28. The Labute approximate surface area is 189 Å². The van der Waals surface area contributed by atoms with E-state index in [4.69, 9.17) is 27.6 Å². The van der Waals surface area contributed by atoms with Crippen LogP contribution in [0.4, 0.5) is 10.5 Å². The van der Waals surface area contributed by atoms with Crippen LogP contribution in [-0.2, 0) is 9.59 Å². The number of benzene rings is 2. The molecule has 0 spiro atoms. The van der Waals surface area contributed by atoms with Crippen LogP contribution in [0.1, 0.15) is 5.76 Å². The average Bonchev–Trinajstić information content (AvgIpc) is 3.17. The molecular weight excluding hydrogens is 495 g/mol. The van der Waals surface area contributed by atoms with Crippen molar-refractivity contribution in [2.24, 2.45) is 0 Å². The van der Waals surface area contributed by atoms with Crippen LogP contribution < -0.4 is 10.2 Å². The van der Waals surface area contributed by atoms with Crippen molar-refractivity contribution in [2.45, 2.75) is 0 Å². The second-order valence-electron chi connectivity index (χ2n) is 6.26. The zero-order valence-electron chi connectivity index (χ0n) is 15.0. The molecule has 1 saturated heterocycles. The highest BCUT2D eigenvalue weighted by atomic mass is 79.9. The van der Waals surface area contributed by atoms with E-state index < -0.39 is 17.8 Å². The van der Waals surface area contributed by atoms with Crippen molar-refractivity contribution in [1.29, 1.82) is 0 Å². The van der Waals surface area contributed by atoms with Crippen LogP contribution in [0.3, 0.4) is 0 Å². The largest absolute Gasteiger partial charge is 0.457 e. The van der Waals surface area contributed by atoms with Gasteiger partial charge in [0.05, 0.1) is 10.7 Å². The Morgan fingerprint density at radius 3 is 2.43 bits per heavy atom. The second-order valence-corrected chi connectivity index (χ2v) is 8.02. The van der Waals surface area contributed by atoms with Crippen molar-refractivity contribution >= 4 is 68.7 Å². The lowest BCUT2D eigenvalue weighted by molar-refractivity contribution is -0.122. The molecule has 0 unspecified atom stereocenters. The summed E-state index contributed by atoms with van der Waals surface area (Å²) >= 11 is 15.5. The molecule has 0 atom stereocenters. The summed E-state index contributed by atoms with van der Waals surface area (Å²) in [5, 5.41) is 3.08. The monoisotopic (exact) mass is 504 g/mol. The molecule has 4 rings (SSSR count). The summed E-state index contributed by atoms with van der Waals surface area (Å²) in [6.45, 7) is 0. The molecule has 4 amide bonds. The van der Waals surface area contributed by atoms with Crippen molar-refractivity contribution in [2.75, 3.05) is 4.90 Å². The fourth-order valence-electron chi connectivity index (χ4n) is 2.89. The van der Waals surface area contributed by atoms with Gasteiger partial charge >= 0.3 is 6.03 Å². The van der Waals surface area contributed by atoms with Gasteiger partial charge in [-0.1, -0.05) is 39.1 Å². The van der Waals surface area contributed by atoms with E-state index in [2.05, 4.69) is 21.2 Å². The van der Waals surface area contributed by atoms with E-state index in [0.717, 1.165) is 9.37 Å². The third-order valence-corrected chi connectivity index (χ3v) is 5.39. The van der Waals surface area contributed by atoms with E-state index in [1.807, 2.05) is 0 Å². The maximum atomic E-state index is 12.9. The van der Waals surface area contributed by atoms with Gasteiger partial charge in [0.15, 0.2) is 0 Å². The van der Waals surface area contributed by atoms with E-state index in [-0.39, 0.29) is 11.3 Å². The standard InChI is InChI=1S/C21H11BrCl2N2O4/c22-11-1-4-13(5-2-11)26-20(28)16(19(27)25-21(26)29)10-14-6-8-18(30-14)15-9-12(23)3-7-17(15)24/h1-10H,(H,25,27,29). The third kappa shape index (κ3) is 3.92. The number of hydrogen-bond acceptors (Lipinski definition) is 4. The predicted molar refractivity (Wildman–Crippen MR) is 117 cm³/mol. The molecule has 1 N–H and O–H groups in total. The molecule has 2 aromatic carbocycles. The Morgan fingerprint density at radius 2 is 1.70 bits per heavy atom. The number of rotatable bonds is 3. The highest BCUT2D eigenvalue weighted by Crippen LogP contribution is 2.32. The van der Waals surface area contributed by atoms with Gasteiger partial charge in [-0.15, -0.1) is 0 Å². The van der Waals surface area contributed by atoms with Gasteiger partial charge in [-0.05, 0) is 60.7 Å². The molecule has 1 aliphatic heterocycles. The highest BCUT2D eigenvalue weighted by Gasteiger charge is 2.37. The van der Waals surface area contributed by atoms with Crippen LogP contribution in [0.25, 0.3) is 17.4 Å². The number of nitrogens with one attached hydrogen (secondary N) is 1. The fraction of sp³-hybridized carbons (Fsp3) is 0. The molecule has 1 fully saturated rings. The van der Waals surface area contributed by atoms with Gasteiger partial charge in [0.25, 0.3) is 11.8 Å². The quantitative estimate of drug-likeness (QED) is 0.366. The highest BCUT2D eigenvalue weighted by molar-refractivity contribution is 9.10. The fourth-order valence-corrected chi connectivity index (χ4v) is 3.53. The van der Waals surface area contributed by atoms with Gasteiger partial charge in [0.2, 0.25) is 0 Å². The summed E-state index contributed by atoms with van der Waals surface area (Å²) < 4.78 is 6.51. The number of furan rings is 1. The Hall–Kier alpha value is -2.87. The number of carbonyl (C=O) groups excluding carboxylic acids is 3. The number of imide groups is 2. The molecule has 150 valence electrons. The molecular formula is C21H11BrCl2N2O4. The number of amides is 4. The van der Waals surface area contributed by atoms with E-state index in [9.17, 15) is 14.4 Å². The van der Waals surface area contributed by atoms with Gasteiger partial charge < -0.3 is 4.42 Å². The van der Waals surface area contributed by atoms with Gasteiger partial charge in [0.1, 0.15) is 17.1 Å². The lowest BCUT2D eigenvalue weighted by atomic mass is 10.1. The molecule has 1 aromatic heterocycles. The first-order valence-electron chi connectivity index (χ1n) is 8.56. The van der Waals surface area contributed by atoms with Crippen LogP contribution in [0.15, 0.2) is 69.1 Å². The molecule has 0 saturated carbocycles.